The van der Waals surface area contributed by atoms with Crippen LogP contribution in [-0.2, 0) is 22.6 Å². The maximum Gasteiger partial charge on any atom is 0.227 e. The van der Waals surface area contributed by atoms with Crippen LogP contribution < -0.4 is 5.32 Å². The van der Waals surface area contributed by atoms with Crippen molar-refractivity contribution in [3.05, 3.63) is 65.7 Å². The van der Waals surface area contributed by atoms with Gasteiger partial charge in [0, 0.05) is 30.6 Å². The molecule has 1 aliphatic rings. The summed E-state index contributed by atoms with van der Waals surface area (Å²) in [7, 11) is 0. The van der Waals surface area contributed by atoms with Crippen molar-refractivity contribution in [3.63, 3.8) is 0 Å². The Hall–Kier alpha value is -2.62. The largest absolute Gasteiger partial charge is 0.336 e. The van der Waals surface area contributed by atoms with Crippen LogP contribution in [0.1, 0.15) is 44.2 Å². The molecule has 0 radical (unpaired) electrons. The highest BCUT2D eigenvalue weighted by atomic mass is 16.2. The summed E-state index contributed by atoms with van der Waals surface area (Å²) in [5, 5.41) is 2.97. The van der Waals surface area contributed by atoms with Crippen LogP contribution in [-0.4, -0.2) is 22.8 Å². The number of nitrogens with one attached hydrogen (secondary N) is 1. The molecule has 0 spiro atoms. The van der Waals surface area contributed by atoms with E-state index in [1.807, 2.05) is 59.5 Å². The van der Waals surface area contributed by atoms with Gasteiger partial charge >= 0.3 is 0 Å². The maximum absolute atomic E-state index is 12.9. The molecule has 0 aliphatic carbocycles. The summed E-state index contributed by atoms with van der Waals surface area (Å²) < 4.78 is 0. The van der Waals surface area contributed by atoms with E-state index in [1.54, 1.807) is 0 Å². The summed E-state index contributed by atoms with van der Waals surface area (Å²) in [6.45, 7) is 4.81. The van der Waals surface area contributed by atoms with Gasteiger partial charge in [0.1, 0.15) is 0 Å². The third-order valence-corrected chi connectivity index (χ3v) is 5.46. The van der Waals surface area contributed by atoms with Crippen LogP contribution in [0.4, 0.5) is 5.69 Å². The van der Waals surface area contributed by atoms with E-state index >= 15 is 0 Å². The molecule has 0 bridgehead atoms. The summed E-state index contributed by atoms with van der Waals surface area (Å²) in [5.74, 6) is 0.0128. The third-order valence-electron chi connectivity index (χ3n) is 5.46. The van der Waals surface area contributed by atoms with Gasteiger partial charge in [0.2, 0.25) is 11.8 Å². The van der Waals surface area contributed by atoms with Crippen molar-refractivity contribution in [2.45, 2.75) is 52.1 Å². The minimum Gasteiger partial charge on any atom is -0.336 e. The van der Waals surface area contributed by atoms with E-state index in [1.165, 1.54) is 0 Å². The van der Waals surface area contributed by atoms with E-state index < -0.39 is 0 Å². The summed E-state index contributed by atoms with van der Waals surface area (Å²) in [6.07, 6.45) is 2.60. The quantitative estimate of drug-likeness (QED) is 0.791. The number of rotatable bonds is 7. The van der Waals surface area contributed by atoms with Crippen molar-refractivity contribution in [2.75, 3.05) is 5.32 Å². The number of anilines is 1. The van der Waals surface area contributed by atoms with Gasteiger partial charge in [-0.3, -0.25) is 9.59 Å². The third kappa shape index (κ3) is 4.76. The normalized spacial score (nSPS) is 17.0. The molecule has 2 aromatic rings. The Morgan fingerprint density at radius 2 is 1.85 bits per heavy atom. The molecule has 2 aromatic carbocycles. The number of nitrogens with zero attached hydrogens (tertiary/aromatic N) is 1. The number of hydrogen-bond acceptors (Lipinski definition) is 2. The molecule has 1 heterocycles. The number of amides is 2. The monoisotopic (exact) mass is 364 g/mol. The van der Waals surface area contributed by atoms with Crippen LogP contribution in [0.3, 0.4) is 0 Å². The Morgan fingerprint density at radius 3 is 2.59 bits per heavy atom. The smallest absolute Gasteiger partial charge is 0.227 e. The highest BCUT2D eigenvalue weighted by molar-refractivity contribution is 5.96. The predicted octanol–water partition coefficient (Wildman–Crippen LogP) is 4.40. The first-order valence-electron chi connectivity index (χ1n) is 9.80. The van der Waals surface area contributed by atoms with Gasteiger partial charge < -0.3 is 10.2 Å². The first-order chi connectivity index (χ1) is 13.1. The van der Waals surface area contributed by atoms with Gasteiger partial charge in [0.05, 0.1) is 0 Å². The van der Waals surface area contributed by atoms with Crippen LogP contribution in [0.5, 0.6) is 0 Å². The molecule has 4 nitrogen and oxygen atoms in total. The highest BCUT2D eigenvalue weighted by Gasteiger charge is 2.27. The molecule has 2 amide bonds. The van der Waals surface area contributed by atoms with Crippen molar-refractivity contribution < 1.29 is 9.59 Å². The Kier molecular flexibility index (Phi) is 6.28. The Balaban J connectivity index is 1.63. The van der Waals surface area contributed by atoms with Gasteiger partial charge in [-0.1, -0.05) is 55.5 Å². The minimum absolute atomic E-state index is 0.0275. The topological polar surface area (TPSA) is 49.4 Å². The van der Waals surface area contributed by atoms with Crippen LogP contribution >= 0.6 is 0 Å². The molecule has 0 saturated heterocycles. The lowest BCUT2D eigenvalue weighted by molar-refractivity contribution is -0.134. The molecule has 0 unspecified atom stereocenters. The van der Waals surface area contributed by atoms with E-state index in [4.69, 9.17) is 0 Å². The average molecular weight is 364 g/mol. The van der Waals surface area contributed by atoms with E-state index in [0.29, 0.717) is 25.8 Å². The molecule has 142 valence electrons. The fourth-order valence-electron chi connectivity index (χ4n) is 3.58. The SMILES string of the molecule is CC[C@@H](C)N(Cc1ccccc1)C(=O)CC[C@@H]1Cc2ccccc2NC1=O. The fraction of sp³-hybridized carbons (Fsp3) is 0.391. The second kappa shape index (κ2) is 8.85. The summed E-state index contributed by atoms with van der Waals surface area (Å²) in [5.41, 5.74) is 3.18. The molecular formula is C23H28N2O2. The average Bonchev–Trinajstić information content (AvgIpc) is 2.70. The van der Waals surface area contributed by atoms with Gasteiger partial charge in [0.25, 0.3) is 0 Å². The Bertz CT molecular complexity index is 788. The minimum atomic E-state index is -0.139. The van der Waals surface area contributed by atoms with Gasteiger partial charge in [0.15, 0.2) is 0 Å². The summed E-state index contributed by atoms with van der Waals surface area (Å²) >= 11 is 0. The number of hydrogen-bond donors (Lipinski definition) is 1. The molecule has 1 aliphatic heterocycles. The van der Waals surface area contributed by atoms with E-state index in [0.717, 1.165) is 23.2 Å². The van der Waals surface area contributed by atoms with E-state index in [2.05, 4.69) is 19.2 Å². The molecule has 0 aromatic heterocycles. The zero-order valence-corrected chi connectivity index (χ0v) is 16.2. The van der Waals surface area contributed by atoms with Gasteiger partial charge in [-0.25, -0.2) is 0 Å². The number of fused-ring (bicyclic) bond motifs is 1. The fourth-order valence-corrected chi connectivity index (χ4v) is 3.58. The van der Waals surface area contributed by atoms with E-state index in [9.17, 15) is 9.59 Å². The Morgan fingerprint density at radius 1 is 1.15 bits per heavy atom. The van der Waals surface area contributed by atoms with Crippen LogP contribution in [0.25, 0.3) is 0 Å². The number of carbonyl (C=O) groups excluding carboxylic acids is 2. The molecule has 0 fully saturated rings. The van der Waals surface area contributed by atoms with Crippen molar-refractivity contribution in [1.29, 1.82) is 0 Å². The van der Waals surface area contributed by atoms with Gasteiger partial charge in [-0.2, -0.15) is 0 Å². The lowest BCUT2D eigenvalue weighted by Gasteiger charge is -2.30. The van der Waals surface area contributed by atoms with E-state index in [-0.39, 0.29) is 23.8 Å². The maximum atomic E-state index is 12.9. The highest BCUT2D eigenvalue weighted by Crippen LogP contribution is 2.28. The molecule has 3 rings (SSSR count). The lowest BCUT2D eigenvalue weighted by atomic mass is 9.89. The number of para-hydroxylation sites is 1. The van der Waals surface area contributed by atoms with Crippen LogP contribution in [0.2, 0.25) is 0 Å². The summed E-state index contributed by atoms with van der Waals surface area (Å²) in [6, 6.07) is 18.2. The second-order valence-corrected chi connectivity index (χ2v) is 7.35. The lowest BCUT2D eigenvalue weighted by Crippen LogP contribution is -2.38. The first-order valence-corrected chi connectivity index (χ1v) is 9.80. The zero-order chi connectivity index (χ0) is 19.2. The predicted molar refractivity (Wildman–Crippen MR) is 108 cm³/mol. The Labute approximate surface area is 161 Å². The molecular weight excluding hydrogens is 336 g/mol. The molecule has 27 heavy (non-hydrogen) atoms. The van der Waals surface area contributed by atoms with Crippen molar-refractivity contribution in [3.8, 4) is 0 Å². The summed E-state index contributed by atoms with van der Waals surface area (Å²) in [4.78, 5) is 27.3. The molecule has 0 saturated carbocycles. The van der Waals surface area contributed by atoms with Crippen molar-refractivity contribution in [2.24, 2.45) is 5.92 Å². The standard InChI is InChI=1S/C23H28N2O2/c1-3-17(2)25(16-18-9-5-4-6-10-18)22(26)14-13-20-15-19-11-7-8-12-21(19)24-23(20)27/h4-12,17,20H,3,13-16H2,1-2H3,(H,24,27)/t17-,20-/m1/s1. The van der Waals surface area contributed by atoms with Crippen molar-refractivity contribution in [1.82, 2.24) is 4.90 Å². The number of carbonyl (C=O) groups is 2. The first kappa shape index (κ1) is 19.2. The molecule has 4 heteroatoms. The number of benzene rings is 2. The zero-order valence-electron chi connectivity index (χ0n) is 16.2. The second-order valence-electron chi connectivity index (χ2n) is 7.35. The molecule has 2 atom stereocenters. The molecule has 1 N–H and O–H groups in total. The van der Waals surface area contributed by atoms with Gasteiger partial charge in [-0.15, -0.1) is 0 Å². The van der Waals surface area contributed by atoms with Crippen LogP contribution in [0.15, 0.2) is 54.6 Å². The van der Waals surface area contributed by atoms with Gasteiger partial charge in [-0.05, 0) is 43.4 Å². The van der Waals surface area contributed by atoms with Crippen molar-refractivity contribution >= 4 is 17.5 Å². The van der Waals surface area contributed by atoms with Crippen LogP contribution in [0, 0.1) is 5.92 Å².